The molecule has 2 rings (SSSR count). The smallest absolute Gasteiger partial charge is 0.313 e. The number of aromatic nitrogens is 2. The molecule has 1 saturated carbocycles. The topological polar surface area (TPSA) is 55.0 Å². The van der Waals surface area contributed by atoms with Gasteiger partial charge >= 0.3 is 5.97 Å². The summed E-state index contributed by atoms with van der Waals surface area (Å²) in [6, 6.07) is 0. The molecule has 1 aliphatic rings. The second-order valence-corrected chi connectivity index (χ2v) is 4.37. The van der Waals surface area contributed by atoms with Crippen LogP contribution in [0.15, 0.2) is 6.20 Å². The minimum Gasteiger partial charge on any atom is -0.469 e. The Labute approximate surface area is 95.4 Å². The van der Waals surface area contributed by atoms with E-state index in [2.05, 4.69) is 14.7 Å². The molecule has 0 saturated heterocycles. The average Bonchev–Trinajstić information content (AvgIpc) is 2.78. The molecule has 16 heavy (non-hydrogen) atoms. The number of nitrogens with one attached hydrogen (secondary N) is 1. The van der Waals surface area contributed by atoms with Crippen molar-refractivity contribution < 1.29 is 9.53 Å². The Morgan fingerprint density at radius 3 is 2.94 bits per heavy atom. The summed E-state index contributed by atoms with van der Waals surface area (Å²) in [5, 5.41) is 0. The third-order valence-corrected chi connectivity index (χ3v) is 3.23. The van der Waals surface area contributed by atoms with E-state index in [1.807, 2.05) is 6.20 Å². The summed E-state index contributed by atoms with van der Waals surface area (Å²) in [6.45, 7) is 0. The van der Waals surface area contributed by atoms with E-state index in [0.29, 0.717) is 11.7 Å². The van der Waals surface area contributed by atoms with Crippen molar-refractivity contribution in [3.63, 3.8) is 0 Å². The van der Waals surface area contributed by atoms with E-state index in [1.54, 1.807) is 0 Å². The zero-order chi connectivity index (χ0) is 11.4. The summed E-state index contributed by atoms with van der Waals surface area (Å²) in [5.74, 6) is 1.07. The molecule has 4 heteroatoms. The molecule has 1 N–H and O–H groups in total. The Morgan fingerprint density at radius 2 is 2.25 bits per heavy atom. The number of aromatic amines is 1. The first-order valence-corrected chi connectivity index (χ1v) is 5.90. The summed E-state index contributed by atoms with van der Waals surface area (Å²) in [7, 11) is 1.40. The highest BCUT2D eigenvalue weighted by Crippen LogP contribution is 2.31. The molecule has 0 aliphatic heterocycles. The first-order chi connectivity index (χ1) is 7.79. The normalized spacial score (nSPS) is 17.3. The van der Waals surface area contributed by atoms with Gasteiger partial charge in [-0.15, -0.1) is 0 Å². The quantitative estimate of drug-likeness (QED) is 0.797. The van der Waals surface area contributed by atoms with Gasteiger partial charge in [0.1, 0.15) is 12.2 Å². The molecule has 1 fully saturated rings. The molecule has 0 spiro atoms. The van der Waals surface area contributed by atoms with Crippen LogP contribution in [0.3, 0.4) is 0 Å². The molecule has 0 atom stereocenters. The molecule has 0 bridgehead atoms. The molecule has 88 valence electrons. The van der Waals surface area contributed by atoms with Gasteiger partial charge in [-0.25, -0.2) is 4.98 Å². The summed E-state index contributed by atoms with van der Waals surface area (Å²) >= 11 is 0. The summed E-state index contributed by atoms with van der Waals surface area (Å²) in [6.07, 6.45) is 8.53. The monoisotopic (exact) mass is 222 g/mol. The maximum absolute atomic E-state index is 11.1. The van der Waals surface area contributed by atoms with Crippen LogP contribution in [-0.2, 0) is 16.0 Å². The van der Waals surface area contributed by atoms with Crippen LogP contribution in [0.5, 0.6) is 0 Å². The molecule has 0 unspecified atom stereocenters. The van der Waals surface area contributed by atoms with Crippen LogP contribution in [0, 0.1) is 0 Å². The molecule has 4 nitrogen and oxygen atoms in total. The number of hydrogen-bond acceptors (Lipinski definition) is 3. The molecule has 0 radical (unpaired) electrons. The van der Waals surface area contributed by atoms with Crippen LogP contribution < -0.4 is 0 Å². The Morgan fingerprint density at radius 1 is 1.50 bits per heavy atom. The fraction of sp³-hybridized carbons (Fsp3) is 0.667. The number of ether oxygens (including phenoxy) is 1. The van der Waals surface area contributed by atoms with Crippen molar-refractivity contribution in [2.45, 2.75) is 44.4 Å². The predicted molar refractivity (Wildman–Crippen MR) is 60.1 cm³/mol. The van der Waals surface area contributed by atoms with Gasteiger partial charge in [-0.05, 0) is 12.8 Å². The van der Waals surface area contributed by atoms with Gasteiger partial charge < -0.3 is 9.72 Å². The van der Waals surface area contributed by atoms with E-state index in [-0.39, 0.29) is 12.4 Å². The first kappa shape index (κ1) is 11.2. The zero-order valence-electron chi connectivity index (χ0n) is 9.66. The first-order valence-electron chi connectivity index (χ1n) is 5.90. The van der Waals surface area contributed by atoms with Gasteiger partial charge in [-0.2, -0.15) is 0 Å². The van der Waals surface area contributed by atoms with Crippen LogP contribution in [0.4, 0.5) is 0 Å². The second kappa shape index (κ2) is 5.14. The third kappa shape index (κ3) is 2.62. The lowest BCUT2D eigenvalue weighted by Gasteiger charge is -2.19. The summed E-state index contributed by atoms with van der Waals surface area (Å²) < 4.78 is 4.61. The van der Waals surface area contributed by atoms with Crippen LogP contribution in [0.1, 0.15) is 49.5 Å². The number of methoxy groups -OCH3 is 1. The standard InChI is InChI=1S/C12H18N2O2/c1-16-12(15)7-11-13-8-10(14-11)9-5-3-2-4-6-9/h8-9H,2-7H2,1H3,(H,13,14). The van der Waals surface area contributed by atoms with E-state index in [9.17, 15) is 4.79 Å². The molecule has 0 aromatic carbocycles. The Kier molecular flexibility index (Phi) is 3.59. The van der Waals surface area contributed by atoms with Gasteiger partial charge in [-0.1, -0.05) is 19.3 Å². The number of carbonyl (C=O) groups is 1. The molecule has 1 aromatic heterocycles. The molecule has 1 aliphatic carbocycles. The van der Waals surface area contributed by atoms with Crippen LogP contribution >= 0.6 is 0 Å². The SMILES string of the molecule is COC(=O)Cc1ncc(C2CCCCC2)[nH]1. The van der Waals surface area contributed by atoms with Gasteiger partial charge in [-0.3, -0.25) is 4.79 Å². The van der Waals surface area contributed by atoms with Gasteiger partial charge in [0.2, 0.25) is 0 Å². The second-order valence-electron chi connectivity index (χ2n) is 4.37. The van der Waals surface area contributed by atoms with Crippen molar-refractivity contribution in [3.05, 3.63) is 17.7 Å². The summed E-state index contributed by atoms with van der Waals surface area (Å²) in [4.78, 5) is 18.5. The van der Waals surface area contributed by atoms with E-state index < -0.39 is 0 Å². The minimum atomic E-state index is -0.246. The van der Waals surface area contributed by atoms with Gasteiger partial charge in [0.15, 0.2) is 0 Å². The molecule has 0 amide bonds. The van der Waals surface area contributed by atoms with Gasteiger partial charge in [0.25, 0.3) is 0 Å². The number of carbonyl (C=O) groups excluding carboxylic acids is 1. The van der Waals surface area contributed by atoms with E-state index in [1.165, 1.54) is 44.9 Å². The van der Waals surface area contributed by atoms with E-state index >= 15 is 0 Å². The lowest BCUT2D eigenvalue weighted by molar-refractivity contribution is -0.139. The van der Waals surface area contributed by atoms with Crippen molar-refractivity contribution in [1.29, 1.82) is 0 Å². The Bertz CT molecular complexity index is 354. The van der Waals surface area contributed by atoms with Crippen molar-refractivity contribution in [2.75, 3.05) is 7.11 Å². The summed E-state index contributed by atoms with van der Waals surface area (Å²) in [5.41, 5.74) is 1.18. The minimum absolute atomic E-state index is 0.239. The maximum Gasteiger partial charge on any atom is 0.313 e. The van der Waals surface area contributed by atoms with Crippen molar-refractivity contribution >= 4 is 5.97 Å². The number of nitrogens with zero attached hydrogens (tertiary/aromatic N) is 1. The molecular formula is C12H18N2O2. The third-order valence-electron chi connectivity index (χ3n) is 3.23. The molecular weight excluding hydrogens is 204 g/mol. The fourth-order valence-corrected chi connectivity index (χ4v) is 2.30. The van der Waals surface area contributed by atoms with E-state index in [4.69, 9.17) is 0 Å². The van der Waals surface area contributed by atoms with Crippen LogP contribution in [-0.4, -0.2) is 23.0 Å². The van der Waals surface area contributed by atoms with Crippen LogP contribution in [0.25, 0.3) is 0 Å². The average molecular weight is 222 g/mol. The fourth-order valence-electron chi connectivity index (χ4n) is 2.30. The van der Waals surface area contributed by atoms with Crippen LogP contribution in [0.2, 0.25) is 0 Å². The zero-order valence-corrected chi connectivity index (χ0v) is 9.66. The van der Waals surface area contributed by atoms with Crippen molar-refractivity contribution in [1.82, 2.24) is 9.97 Å². The maximum atomic E-state index is 11.1. The van der Waals surface area contributed by atoms with Gasteiger partial charge in [0.05, 0.1) is 7.11 Å². The lowest BCUT2D eigenvalue weighted by atomic mass is 9.87. The number of hydrogen-bond donors (Lipinski definition) is 1. The number of imidazole rings is 1. The number of H-pyrrole nitrogens is 1. The molecule has 1 aromatic rings. The van der Waals surface area contributed by atoms with Gasteiger partial charge in [0, 0.05) is 17.8 Å². The van der Waals surface area contributed by atoms with E-state index in [0.717, 1.165) is 0 Å². The number of esters is 1. The van der Waals surface area contributed by atoms with Crippen molar-refractivity contribution in [2.24, 2.45) is 0 Å². The number of rotatable bonds is 3. The Hall–Kier alpha value is -1.32. The molecule has 1 heterocycles. The Balaban J connectivity index is 1.98. The highest BCUT2D eigenvalue weighted by molar-refractivity contribution is 5.71. The largest absolute Gasteiger partial charge is 0.469 e. The highest BCUT2D eigenvalue weighted by atomic mass is 16.5. The van der Waals surface area contributed by atoms with Crippen molar-refractivity contribution in [3.8, 4) is 0 Å². The highest BCUT2D eigenvalue weighted by Gasteiger charge is 2.18. The predicted octanol–water partition coefficient (Wildman–Crippen LogP) is 2.17. The lowest BCUT2D eigenvalue weighted by Crippen LogP contribution is -2.07.